The van der Waals surface area contributed by atoms with Gasteiger partial charge in [0.2, 0.25) is 0 Å². The van der Waals surface area contributed by atoms with E-state index in [1.54, 1.807) is 0 Å². The number of alkyl halides is 2. The van der Waals surface area contributed by atoms with Gasteiger partial charge in [-0.2, -0.15) is 0 Å². The molecule has 12 aliphatic carbocycles. The van der Waals surface area contributed by atoms with Crippen LogP contribution in [0.4, 0.5) is 0 Å². The first-order chi connectivity index (χ1) is 19.4. The fraction of sp³-hybridized carbons (Fsp3) is 0.966. The van der Waals surface area contributed by atoms with Crippen LogP contribution in [0.5, 0.6) is 0 Å². The highest BCUT2D eigenvalue weighted by molar-refractivity contribution is 9.10. The molecular formula is C29H28Br2O9. The number of ketones is 1. The Balaban J connectivity index is 1.02. The van der Waals surface area contributed by atoms with E-state index in [2.05, 4.69) is 31.9 Å². The Kier molecular flexibility index (Phi) is 2.96. The van der Waals surface area contributed by atoms with E-state index in [0.29, 0.717) is 70.5 Å². The third-order valence-corrected chi connectivity index (χ3v) is 19.5. The summed E-state index contributed by atoms with van der Waals surface area (Å²) in [6, 6.07) is 0. The molecule has 4 aliphatic heterocycles. The SMILES string of the molecule is O=C([C@]12[C@H]3[C@H]4[C@H]([C@@H]5[C@@H]1[C@@H]3[C@@]4(Br)C51OCCO1)C21OCCO1)[C@]12[C@@H]3[C@H]4[C@H]([C@@H]5[C@@H]1[C@H]3[C@@]4(Br)C51OCCO1)C21OCCO1. The summed E-state index contributed by atoms with van der Waals surface area (Å²) in [4.78, 5) is 16.2. The van der Waals surface area contributed by atoms with Crippen molar-refractivity contribution in [2.45, 2.75) is 31.8 Å². The van der Waals surface area contributed by atoms with Gasteiger partial charge in [-0.15, -0.1) is 0 Å². The summed E-state index contributed by atoms with van der Waals surface area (Å²) in [7, 11) is 0. The lowest BCUT2D eigenvalue weighted by molar-refractivity contribution is -0.321. The van der Waals surface area contributed by atoms with Gasteiger partial charge < -0.3 is 37.9 Å². The van der Waals surface area contributed by atoms with Crippen molar-refractivity contribution in [3.63, 3.8) is 0 Å². The number of halogens is 2. The Hall–Kier alpha value is 0.310. The van der Waals surface area contributed by atoms with E-state index in [9.17, 15) is 0 Å². The molecule has 0 aromatic rings. The lowest BCUT2D eigenvalue weighted by Crippen LogP contribution is -2.84. The predicted octanol–water partition coefficient (Wildman–Crippen LogP) is 1.30. The molecule has 0 N–H and O–H groups in total. The van der Waals surface area contributed by atoms with Gasteiger partial charge in [-0.05, 0) is 47.3 Å². The summed E-state index contributed by atoms with van der Waals surface area (Å²) in [5, 5.41) is 0. The van der Waals surface area contributed by atoms with E-state index < -0.39 is 34.0 Å². The normalized spacial score (nSPS) is 71.5. The number of hydrogen-bond acceptors (Lipinski definition) is 9. The highest BCUT2D eigenvalue weighted by Crippen LogP contribution is 3.06. The fourth-order valence-corrected chi connectivity index (χ4v) is 20.2. The minimum Gasteiger partial charge on any atom is -0.346 e. The maximum absolute atomic E-state index is 16.2. The molecule has 0 radical (unpaired) electrons. The van der Waals surface area contributed by atoms with Crippen LogP contribution in [-0.4, -0.2) is 90.4 Å². The molecular weight excluding hydrogens is 652 g/mol. The molecule has 9 nitrogen and oxygen atoms in total. The Bertz CT molecular complexity index is 1330. The van der Waals surface area contributed by atoms with Crippen LogP contribution >= 0.6 is 31.9 Å². The van der Waals surface area contributed by atoms with Gasteiger partial charge in [0.25, 0.3) is 0 Å². The molecule has 0 unspecified atom stereocenters. The maximum atomic E-state index is 16.2. The third kappa shape index (κ3) is 1.28. The zero-order valence-electron chi connectivity index (χ0n) is 21.5. The molecule has 0 aromatic heterocycles. The van der Waals surface area contributed by atoms with Crippen LogP contribution in [0.1, 0.15) is 0 Å². The van der Waals surface area contributed by atoms with Gasteiger partial charge in [0.1, 0.15) is 0 Å². The van der Waals surface area contributed by atoms with E-state index in [0.717, 1.165) is 0 Å². The van der Waals surface area contributed by atoms with Crippen LogP contribution < -0.4 is 0 Å². The lowest BCUT2D eigenvalue weighted by atomic mass is 9.27. The zero-order valence-corrected chi connectivity index (χ0v) is 24.7. The van der Waals surface area contributed by atoms with Crippen LogP contribution in [-0.2, 0) is 42.7 Å². The van der Waals surface area contributed by atoms with Crippen molar-refractivity contribution in [2.75, 3.05) is 52.9 Å². The van der Waals surface area contributed by atoms with E-state index in [-0.39, 0.29) is 67.8 Å². The second-order valence-electron chi connectivity index (χ2n) is 15.4. The highest BCUT2D eigenvalue weighted by Gasteiger charge is 3.15. The van der Waals surface area contributed by atoms with Crippen molar-refractivity contribution in [2.24, 2.45) is 81.8 Å². The van der Waals surface area contributed by atoms with Crippen LogP contribution in [0.25, 0.3) is 0 Å². The first kappa shape index (κ1) is 21.9. The standard InChI is InChI=1S/C29H28Br2O9/c30-24-13-9-15(24)19-17(28(24)37-5-6-38-28)11(13)22(9,26(19)33-1-2-34-26)21(32)23-10-14-12(23)18-20(27(23)35-3-4-36-27)16(10)25(14,31)29(18)39-7-8-40-29/h9-20H,1-8H2/t9-,10+,11-,12-,13-,14+,15-,16-,17-,18-,19+,20+,22-,23-,24-,25-/m0/s1. The van der Waals surface area contributed by atoms with Crippen LogP contribution in [0.2, 0.25) is 0 Å². The van der Waals surface area contributed by atoms with Crippen molar-refractivity contribution < 1.29 is 42.7 Å². The molecule has 0 aromatic carbocycles. The fourth-order valence-electron chi connectivity index (χ4n) is 16.9. The monoisotopic (exact) mass is 678 g/mol. The van der Waals surface area contributed by atoms with Gasteiger partial charge in [-0.25, -0.2) is 0 Å². The van der Waals surface area contributed by atoms with Gasteiger partial charge in [0.05, 0.1) is 72.3 Å². The predicted molar refractivity (Wildman–Crippen MR) is 134 cm³/mol. The molecule has 16 aliphatic rings. The average Bonchev–Trinajstić information content (AvgIpc) is 3.80. The second kappa shape index (κ2) is 5.41. The van der Waals surface area contributed by atoms with Crippen molar-refractivity contribution >= 4 is 37.6 Å². The maximum Gasteiger partial charge on any atom is 0.188 e. The summed E-state index contributed by atoms with van der Waals surface area (Å²) in [5.41, 5.74) is -1.41. The lowest BCUT2D eigenvalue weighted by Gasteiger charge is -2.76. The number of rotatable bonds is 2. The Morgan fingerprint density at radius 1 is 0.400 bits per heavy atom. The van der Waals surface area contributed by atoms with Gasteiger partial charge in [0.15, 0.2) is 28.9 Å². The summed E-state index contributed by atoms with van der Waals surface area (Å²) in [6.07, 6.45) is 0. The molecule has 16 atom stereocenters. The molecule has 0 amide bonds. The summed E-state index contributed by atoms with van der Waals surface area (Å²) < 4.78 is 52.9. The molecule has 16 rings (SSSR count). The highest BCUT2D eigenvalue weighted by atomic mass is 79.9. The van der Waals surface area contributed by atoms with Crippen molar-refractivity contribution in [1.29, 1.82) is 0 Å². The summed E-state index contributed by atoms with van der Waals surface area (Å²) in [5.74, 6) is -0.551. The Morgan fingerprint density at radius 3 is 1.00 bits per heavy atom. The largest absolute Gasteiger partial charge is 0.346 e. The molecule has 12 saturated carbocycles. The topological polar surface area (TPSA) is 90.9 Å². The van der Waals surface area contributed by atoms with E-state index in [1.165, 1.54) is 0 Å². The number of ether oxygens (including phenoxy) is 8. The third-order valence-electron chi connectivity index (χ3n) is 16.3. The van der Waals surface area contributed by atoms with Crippen molar-refractivity contribution in [3.05, 3.63) is 0 Å². The van der Waals surface area contributed by atoms with E-state index in [1.807, 2.05) is 0 Å². The number of carbonyl (C=O) groups excluding carboxylic acids is 1. The van der Waals surface area contributed by atoms with Crippen LogP contribution in [0.3, 0.4) is 0 Å². The van der Waals surface area contributed by atoms with Crippen molar-refractivity contribution in [3.8, 4) is 0 Å². The van der Waals surface area contributed by atoms with Crippen molar-refractivity contribution in [1.82, 2.24) is 0 Å². The smallest absolute Gasteiger partial charge is 0.188 e. The average molecular weight is 680 g/mol. The first-order valence-corrected chi connectivity index (χ1v) is 17.1. The minimum atomic E-state index is -0.904. The number of carbonyl (C=O) groups is 1. The van der Waals surface area contributed by atoms with E-state index >= 15 is 4.79 Å². The molecule has 16 fully saturated rings. The van der Waals surface area contributed by atoms with Gasteiger partial charge >= 0.3 is 0 Å². The second-order valence-corrected chi connectivity index (χ2v) is 18.0. The zero-order chi connectivity index (χ0) is 25.8. The molecule has 11 heteroatoms. The van der Waals surface area contributed by atoms with Crippen LogP contribution in [0.15, 0.2) is 0 Å². The van der Waals surface area contributed by atoms with Crippen LogP contribution in [0, 0.1) is 81.8 Å². The molecule has 212 valence electrons. The van der Waals surface area contributed by atoms with Gasteiger partial charge in [-0.3, -0.25) is 4.79 Å². The molecule has 40 heavy (non-hydrogen) atoms. The number of hydrogen-bond donors (Lipinski definition) is 0. The molecule has 4 saturated heterocycles. The minimum absolute atomic E-state index is 0.0997. The molecule has 4 heterocycles. The number of Topliss-reactive ketones (excluding diaryl/α,β-unsaturated/α-hetero) is 1. The summed E-state index contributed by atoms with van der Waals surface area (Å²) in [6.45, 7) is 4.53. The molecule has 4 spiro atoms. The molecule has 8 bridgehead atoms. The van der Waals surface area contributed by atoms with Gasteiger partial charge in [0, 0.05) is 23.7 Å². The Morgan fingerprint density at radius 2 is 0.650 bits per heavy atom. The summed E-state index contributed by atoms with van der Waals surface area (Å²) >= 11 is 8.50. The first-order valence-electron chi connectivity index (χ1n) is 15.5. The Labute approximate surface area is 246 Å². The quantitative estimate of drug-likeness (QED) is 0.401. The van der Waals surface area contributed by atoms with E-state index in [4.69, 9.17) is 37.9 Å². The van der Waals surface area contributed by atoms with Gasteiger partial charge in [-0.1, -0.05) is 31.9 Å².